The molecule has 0 amide bonds. The first-order valence-electron chi connectivity index (χ1n) is 5.12. The summed E-state index contributed by atoms with van der Waals surface area (Å²) >= 11 is 0. The summed E-state index contributed by atoms with van der Waals surface area (Å²) in [6.45, 7) is 3.44. The molecule has 0 saturated heterocycles. The lowest BCUT2D eigenvalue weighted by molar-refractivity contribution is -0.387. The molecule has 1 aromatic carbocycles. The van der Waals surface area contributed by atoms with Gasteiger partial charge in [0.2, 0.25) is 5.82 Å². The van der Waals surface area contributed by atoms with E-state index in [-0.39, 0.29) is 12.0 Å². The van der Waals surface area contributed by atoms with Crippen LogP contribution in [0.25, 0.3) is 0 Å². The zero-order chi connectivity index (χ0) is 13.2. The number of nitrogens with zero attached hydrogens (tertiary/aromatic N) is 1. The quantitative estimate of drug-likeness (QED) is 0.653. The number of halogens is 2. The highest BCUT2D eigenvalue weighted by atomic mass is 19.1. The Morgan fingerprint density at radius 3 is 2.47 bits per heavy atom. The average molecular weight is 244 g/mol. The van der Waals surface area contributed by atoms with E-state index in [1.165, 1.54) is 0 Å². The van der Waals surface area contributed by atoms with Crippen molar-refractivity contribution in [3.63, 3.8) is 0 Å². The third-order valence-corrected chi connectivity index (χ3v) is 2.38. The summed E-state index contributed by atoms with van der Waals surface area (Å²) in [4.78, 5) is 9.64. The standard InChI is InChI=1S/C11H14F2N2O2/c1-11(2,14)6-5-7-8(12)3-4-9(10(7)13)15(16)17/h3-4H,5-6,14H2,1-2H3. The van der Waals surface area contributed by atoms with Crippen LogP contribution in [0.2, 0.25) is 0 Å². The van der Waals surface area contributed by atoms with Crippen LogP contribution in [0.1, 0.15) is 25.8 Å². The van der Waals surface area contributed by atoms with Gasteiger partial charge >= 0.3 is 5.69 Å². The predicted molar refractivity (Wildman–Crippen MR) is 59.6 cm³/mol. The van der Waals surface area contributed by atoms with Crippen LogP contribution < -0.4 is 5.73 Å². The van der Waals surface area contributed by atoms with Crippen LogP contribution in [0.15, 0.2) is 12.1 Å². The zero-order valence-electron chi connectivity index (χ0n) is 9.67. The minimum absolute atomic E-state index is 0.0306. The van der Waals surface area contributed by atoms with E-state index in [0.717, 1.165) is 12.1 Å². The van der Waals surface area contributed by atoms with Crippen molar-refractivity contribution < 1.29 is 13.7 Å². The highest BCUT2D eigenvalue weighted by Gasteiger charge is 2.22. The maximum Gasteiger partial charge on any atom is 0.305 e. The smallest absolute Gasteiger partial charge is 0.305 e. The third-order valence-electron chi connectivity index (χ3n) is 2.38. The largest absolute Gasteiger partial charge is 0.326 e. The van der Waals surface area contributed by atoms with E-state index in [0.29, 0.717) is 6.42 Å². The van der Waals surface area contributed by atoms with Gasteiger partial charge in [-0.2, -0.15) is 4.39 Å². The molecular weight excluding hydrogens is 230 g/mol. The van der Waals surface area contributed by atoms with Crippen LogP contribution in [0.5, 0.6) is 0 Å². The molecule has 0 bridgehead atoms. The van der Waals surface area contributed by atoms with Gasteiger partial charge in [0.25, 0.3) is 0 Å². The Kier molecular flexibility index (Phi) is 3.77. The molecule has 6 heteroatoms. The summed E-state index contributed by atoms with van der Waals surface area (Å²) in [7, 11) is 0. The molecular formula is C11H14F2N2O2. The number of hydrogen-bond acceptors (Lipinski definition) is 3. The molecule has 0 heterocycles. The van der Waals surface area contributed by atoms with Crippen molar-refractivity contribution in [2.75, 3.05) is 0 Å². The first-order chi connectivity index (χ1) is 7.72. The second kappa shape index (κ2) is 4.75. The maximum absolute atomic E-state index is 13.6. The van der Waals surface area contributed by atoms with Gasteiger partial charge in [-0.25, -0.2) is 4.39 Å². The van der Waals surface area contributed by atoms with Gasteiger partial charge in [-0.3, -0.25) is 10.1 Å². The highest BCUT2D eigenvalue weighted by Crippen LogP contribution is 2.25. The number of nitro groups is 1. The van der Waals surface area contributed by atoms with Gasteiger partial charge in [0, 0.05) is 17.2 Å². The maximum atomic E-state index is 13.6. The van der Waals surface area contributed by atoms with Crippen molar-refractivity contribution in [1.82, 2.24) is 0 Å². The van der Waals surface area contributed by atoms with Gasteiger partial charge < -0.3 is 5.73 Å². The lowest BCUT2D eigenvalue weighted by Crippen LogP contribution is -2.32. The number of nitro benzene ring substituents is 1. The fraction of sp³-hybridized carbons (Fsp3) is 0.455. The summed E-state index contributed by atoms with van der Waals surface area (Å²) in [5, 5.41) is 10.5. The predicted octanol–water partition coefficient (Wildman–Crippen LogP) is 2.54. The Balaban J connectivity index is 3.06. The molecule has 0 atom stereocenters. The van der Waals surface area contributed by atoms with Crippen molar-refractivity contribution in [3.05, 3.63) is 39.4 Å². The Morgan fingerprint density at radius 1 is 1.41 bits per heavy atom. The van der Waals surface area contributed by atoms with E-state index in [9.17, 15) is 18.9 Å². The normalized spacial score (nSPS) is 11.6. The minimum atomic E-state index is -1.11. The van der Waals surface area contributed by atoms with E-state index < -0.39 is 27.8 Å². The van der Waals surface area contributed by atoms with E-state index in [4.69, 9.17) is 5.73 Å². The van der Waals surface area contributed by atoms with Gasteiger partial charge in [-0.15, -0.1) is 0 Å². The van der Waals surface area contributed by atoms with Crippen LogP contribution in [-0.4, -0.2) is 10.5 Å². The van der Waals surface area contributed by atoms with Crippen LogP contribution in [0.4, 0.5) is 14.5 Å². The molecule has 94 valence electrons. The van der Waals surface area contributed by atoms with Crippen molar-refractivity contribution in [1.29, 1.82) is 0 Å². The number of rotatable bonds is 4. The van der Waals surface area contributed by atoms with Gasteiger partial charge in [0.15, 0.2) is 0 Å². The molecule has 0 radical (unpaired) electrons. The van der Waals surface area contributed by atoms with Gasteiger partial charge in [-0.05, 0) is 32.8 Å². The molecule has 0 aliphatic carbocycles. The summed E-state index contributed by atoms with van der Waals surface area (Å²) < 4.78 is 27.0. The Hall–Kier alpha value is -1.56. The van der Waals surface area contributed by atoms with Crippen molar-refractivity contribution >= 4 is 5.69 Å². The third kappa shape index (κ3) is 3.45. The Morgan fingerprint density at radius 2 is 2.00 bits per heavy atom. The van der Waals surface area contributed by atoms with Crippen LogP contribution >= 0.6 is 0 Å². The minimum Gasteiger partial charge on any atom is -0.326 e. The summed E-state index contributed by atoms with van der Waals surface area (Å²) in [6.07, 6.45) is 0.366. The van der Waals surface area contributed by atoms with E-state index >= 15 is 0 Å². The second-order valence-electron chi connectivity index (χ2n) is 4.60. The topological polar surface area (TPSA) is 69.2 Å². The van der Waals surface area contributed by atoms with Gasteiger partial charge in [0.05, 0.1) is 4.92 Å². The van der Waals surface area contributed by atoms with Crippen molar-refractivity contribution in [2.45, 2.75) is 32.2 Å². The average Bonchev–Trinajstić information content (AvgIpc) is 2.14. The molecule has 0 aliphatic heterocycles. The molecule has 0 aliphatic rings. The molecule has 4 nitrogen and oxygen atoms in total. The van der Waals surface area contributed by atoms with Gasteiger partial charge in [0.1, 0.15) is 5.82 Å². The lowest BCUT2D eigenvalue weighted by Gasteiger charge is -2.18. The highest BCUT2D eigenvalue weighted by molar-refractivity contribution is 5.37. The summed E-state index contributed by atoms with van der Waals surface area (Å²) in [6, 6.07) is 1.72. The van der Waals surface area contributed by atoms with E-state index in [1.807, 2.05) is 0 Å². The summed E-state index contributed by atoms with van der Waals surface area (Å²) in [5.74, 6) is -1.89. The molecule has 2 N–H and O–H groups in total. The number of hydrogen-bond donors (Lipinski definition) is 1. The lowest BCUT2D eigenvalue weighted by atomic mass is 9.96. The van der Waals surface area contributed by atoms with Crippen LogP contribution in [0, 0.1) is 21.7 Å². The molecule has 1 aromatic rings. The molecule has 0 spiro atoms. The monoisotopic (exact) mass is 244 g/mol. The molecule has 0 aromatic heterocycles. The SMILES string of the molecule is CC(C)(N)CCc1c(F)ccc([N+](=O)[O-])c1F. The van der Waals surface area contributed by atoms with Crippen LogP contribution in [-0.2, 0) is 6.42 Å². The Labute approximate surface area is 97.6 Å². The number of benzene rings is 1. The van der Waals surface area contributed by atoms with Gasteiger partial charge in [-0.1, -0.05) is 0 Å². The summed E-state index contributed by atoms with van der Waals surface area (Å²) in [5.41, 5.74) is 4.13. The molecule has 0 unspecified atom stereocenters. The van der Waals surface area contributed by atoms with Crippen molar-refractivity contribution in [2.24, 2.45) is 5.73 Å². The fourth-order valence-electron chi connectivity index (χ4n) is 1.40. The Bertz CT molecular complexity index is 442. The molecule has 1 rings (SSSR count). The molecule has 0 saturated carbocycles. The van der Waals surface area contributed by atoms with E-state index in [2.05, 4.69) is 0 Å². The number of nitrogens with two attached hydrogens (primary N) is 1. The molecule has 0 fully saturated rings. The molecule has 17 heavy (non-hydrogen) atoms. The second-order valence-corrected chi connectivity index (χ2v) is 4.60. The van der Waals surface area contributed by atoms with E-state index in [1.54, 1.807) is 13.8 Å². The fourth-order valence-corrected chi connectivity index (χ4v) is 1.40. The van der Waals surface area contributed by atoms with Crippen LogP contribution in [0.3, 0.4) is 0 Å². The zero-order valence-corrected chi connectivity index (χ0v) is 9.67. The van der Waals surface area contributed by atoms with Crippen molar-refractivity contribution in [3.8, 4) is 0 Å². The first kappa shape index (κ1) is 13.5. The first-order valence-corrected chi connectivity index (χ1v) is 5.12.